The highest BCUT2D eigenvalue weighted by atomic mass is 16.5. The van der Waals surface area contributed by atoms with Gasteiger partial charge < -0.3 is 15.0 Å². The van der Waals surface area contributed by atoms with Gasteiger partial charge in [-0.3, -0.25) is 4.98 Å². The van der Waals surface area contributed by atoms with E-state index in [2.05, 4.69) is 43.1 Å². The summed E-state index contributed by atoms with van der Waals surface area (Å²) in [7, 11) is 0. The van der Waals surface area contributed by atoms with Gasteiger partial charge in [0.05, 0.1) is 12.1 Å². The fourth-order valence-corrected chi connectivity index (χ4v) is 4.34. The van der Waals surface area contributed by atoms with Gasteiger partial charge in [-0.1, -0.05) is 0 Å². The lowest BCUT2D eigenvalue weighted by molar-refractivity contribution is 0.262. The van der Waals surface area contributed by atoms with Crippen molar-refractivity contribution in [2.75, 3.05) is 31.6 Å². The van der Waals surface area contributed by atoms with Crippen molar-refractivity contribution in [1.82, 2.24) is 9.88 Å². The van der Waals surface area contributed by atoms with Crippen molar-refractivity contribution in [2.24, 2.45) is 0 Å². The molecule has 0 spiro atoms. The fraction of sp³-hybridized carbons (Fsp3) is 0.591. The second kappa shape index (κ2) is 7.43. The summed E-state index contributed by atoms with van der Waals surface area (Å²) in [6, 6.07) is 4.91. The third-order valence-corrected chi connectivity index (χ3v) is 5.88. The maximum atomic E-state index is 6.12. The fourth-order valence-electron chi connectivity index (χ4n) is 4.34. The van der Waals surface area contributed by atoms with Gasteiger partial charge >= 0.3 is 0 Å². The standard InChI is InChI=1S/C22H31N3O/c1-15-13-19-20(24-17(3)18-8-7-16(2)23-22(18)19)14-21(15)26-12-6-11-25-9-4-5-10-25/h13-14,16,23H,4-12H2,1-3H3. The first-order valence-electron chi connectivity index (χ1n) is 10.2. The topological polar surface area (TPSA) is 37.4 Å². The van der Waals surface area contributed by atoms with Gasteiger partial charge in [-0.15, -0.1) is 0 Å². The third-order valence-electron chi connectivity index (χ3n) is 5.88. The molecule has 1 unspecified atom stereocenters. The van der Waals surface area contributed by atoms with Crippen LogP contribution in [0.5, 0.6) is 5.75 Å². The van der Waals surface area contributed by atoms with E-state index in [-0.39, 0.29) is 0 Å². The molecule has 26 heavy (non-hydrogen) atoms. The Morgan fingerprint density at radius 2 is 2.04 bits per heavy atom. The molecule has 1 fully saturated rings. The molecule has 140 valence electrons. The van der Waals surface area contributed by atoms with Crippen LogP contribution in [0.25, 0.3) is 10.9 Å². The van der Waals surface area contributed by atoms with E-state index in [1.165, 1.54) is 54.6 Å². The highest BCUT2D eigenvalue weighted by Gasteiger charge is 2.20. The lowest BCUT2D eigenvalue weighted by Crippen LogP contribution is -2.23. The van der Waals surface area contributed by atoms with Crippen LogP contribution in [0, 0.1) is 13.8 Å². The van der Waals surface area contributed by atoms with Crippen LogP contribution < -0.4 is 10.1 Å². The Kier molecular flexibility index (Phi) is 5.03. The van der Waals surface area contributed by atoms with Crippen LogP contribution in [0.3, 0.4) is 0 Å². The summed E-state index contributed by atoms with van der Waals surface area (Å²) >= 11 is 0. The molecule has 4 nitrogen and oxygen atoms in total. The highest BCUT2D eigenvalue weighted by Crippen LogP contribution is 2.36. The first-order valence-corrected chi connectivity index (χ1v) is 10.2. The molecule has 0 amide bonds. The van der Waals surface area contributed by atoms with E-state index in [1.807, 2.05) is 0 Å². The lowest BCUT2D eigenvalue weighted by Gasteiger charge is -2.27. The van der Waals surface area contributed by atoms with Crippen LogP contribution >= 0.6 is 0 Å². The molecule has 0 saturated carbocycles. The number of aryl methyl sites for hydroxylation is 2. The summed E-state index contributed by atoms with van der Waals surface area (Å²) in [6.45, 7) is 11.0. The summed E-state index contributed by atoms with van der Waals surface area (Å²) in [6.07, 6.45) is 6.09. The third kappa shape index (κ3) is 3.52. The van der Waals surface area contributed by atoms with Gasteiger partial charge in [0.25, 0.3) is 0 Å². The van der Waals surface area contributed by atoms with Crippen LogP contribution in [-0.4, -0.2) is 42.2 Å². The molecule has 0 aliphatic carbocycles. The number of likely N-dealkylation sites (tertiary alicyclic amines) is 1. The first-order chi connectivity index (χ1) is 12.6. The number of nitrogens with zero attached hydrogens (tertiary/aromatic N) is 2. The molecule has 1 N–H and O–H groups in total. The second-order valence-corrected chi connectivity index (χ2v) is 8.02. The van der Waals surface area contributed by atoms with Crippen LogP contribution in [0.15, 0.2) is 12.1 Å². The summed E-state index contributed by atoms with van der Waals surface area (Å²) in [5.74, 6) is 0.981. The zero-order valence-corrected chi connectivity index (χ0v) is 16.4. The normalized spacial score (nSPS) is 20.2. The average molecular weight is 354 g/mol. The SMILES string of the molecule is Cc1cc2c3c(c(C)nc2cc1OCCCN1CCCC1)CCC(C)N3. The Bertz CT molecular complexity index is 796. The Balaban J connectivity index is 1.52. The van der Waals surface area contributed by atoms with E-state index >= 15 is 0 Å². The number of rotatable bonds is 5. The Labute approximate surface area is 156 Å². The molecular formula is C22H31N3O. The number of aromatic nitrogens is 1. The van der Waals surface area contributed by atoms with Gasteiger partial charge in [0.1, 0.15) is 5.75 Å². The monoisotopic (exact) mass is 353 g/mol. The number of pyridine rings is 1. The summed E-state index contributed by atoms with van der Waals surface area (Å²) in [5, 5.41) is 4.92. The van der Waals surface area contributed by atoms with Gasteiger partial charge in [-0.25, -0.2) is 0 Å². The molecule has 4 heteroatoms. The number of fused-ring (bicyclic) bond motifs is 3. The molecule has 0 bridgehead atoms. The lowest BCUT2D eigenvalue weighted by atomic mass is 9.94. The summed E-state index contributed by atoms with van der Waals surface area (Å²) in [4.78, 5) is 7.42. The first kappa shape index (κ1) is 17.6. The van der Waals surface area contributed by atoms with Crippen LogP contribution in [-0.2, 0) is 6.42 Å². The number of benzene rings is 1. The number of hydrogen-bond acceptors (Lipinski definition) is 4. The molecule has 4 rings (SSSR count). The van der Waals surface area contributed by atoms with Crippen molar-refractivity contribution in [2.45, 2.75) is 58.9 Å². The molecule has 1 aromatic carbocycles. The molecule has 1 aromatic heterocycles. The Morgan fingerprint density at radius 3 is 2.85 bits per heavy atom. The molecule has 2 aromatic rings. The van der Waals surface area contributed by atoms with Gasteiger partial charge in [0, 0.05) is 35.4 Å². The Morgan fingerprint density at radius 1 is 1.23 bits per heavy atom. The zero-order valence-electron chi connectivity index (χ0n) is 16.4. The minimum Gasteiger partial charge on any atom is -0.493 e. The number of ether oxygens (including phenoxy) is 1. The van der Waals surface area contributed by atoms with Crippen molar-refractivity contribution < 1.29 is 4.74 Å². The van der Waals surface area contributed by atoms with Crippen molar-refractivity contribution in [3.05, 3.63) is 29.0 Å². The summed E-state index contributed by atoms with van der Waals surface area (Å²) in [5.41, 5.74) is 6.06. The molecular weight excluding hydrogens is 322 g/mol. The van der Waals surface area contributed by atoms with Gasteiger partial charge in [-0.2, -0.15) is 0 Å². The second-order valence-electron chi connectivity index (χ2n) is 8.02. The minimum absolute atomic E-state index is 0.523. The van der Waals surface area contributed by atoms with Gasteiger partial charge in [-0.05, 0) is 83.2 Å². The number of hydrogen-bond donors (Lipinski definition) is 1. The van der Waals surface area contributed by atoms with E-state index in [4.69, 9.17) is 9.72 Å². The largest absolute Gasteiger partial charge is 0.493 e. The van der Waals surface area contributed by atoms with E-state index in [0.717, 1.165) is 43.0 Å². The predicted molar refractivity (Wildman–Crippen MR) is 108 cm³/mol. The maximum Gasteiger partial charge on any atom is 0.124 e. The smallest absolute Gasteiger partial charge is 0.124 e. The van der Waals surface area contributed by atoms with Gasteiger partial charge in [0.2, 0.25) is 0 Å². The zero-order chi connectivity index (χ0) is 18.1. The number of anilines is 1. The minimum atomic E-state index is 0.523. The molecule has 2 aliphatic heterocycles. The maximum absolute atomic E-state index is 6.12. The van der Waals surface area contributed by atoms with Crippen LogP contribution in [0.4, 0.5) is 5.69 Å². The molecule has 3 heterocycles. The molecule has 2 aliphatic rings. The van der Waals surface area contributed by atoms with Crippen molar-refractivity contribution in [3.63, 3.8) is 0 Å². The van der Waals surface area contributed by atoms with E-state index < -0.39 is 0 Å². The van der Waals surface area contributed by atoms with E-state index in [1.54, 1.807) is 0 Å². The Hall–Kier alpha value is -1.81. The van der Waals surface area contributed by atoms with Crippen molar-refractivity contribution in [3.8, 4) is 5.75 Å². The van der Waals surface area contributed by atoms with Crippen LogP contribution in [0.2, 0.25) is 0 Å². The molecule has 0 radical (unpaired) electrons. The van der Waals surface area contributed by atoms with Gasteiger partial charge in [0.15, 0.2) is 0 Å². The van der Waals surface area contributed by atoms with E-state index in [9.17, 15) is 0 Å². The predicted octanol–water partition coefficient (Wildman–Crippen LogP) is 4.46. The van der Waals surface area contributed by atoms with Crippen molar-refractivity contribution in [1.29, 1.82) is 0 Å². The molecule has 1 saturated heterocycles. The number of nitrogens with one attached hydrogen (secondary N) is 1. The molecule has 1 atom stereocenters. The summed E-state index contributed by atoms with van der Waals surface area (Å²) < 4.78 is 6.12. The highest BCUT2D eigenvalue weighted by molar-refractivity contribution is 5.95. The van der Waals surface area contributed by atoms with Crippen molar-refractivity contribution >= 4 is 16.6 Å². The van der Waals surface area contributed by atoms with Crippen LogP contribution in [0.1, 0.15) is 49.4 Å². The average Bonchev–Trinajstić information content (AvgIpc) is 3.13. The quantitative estimate of drug-likeness (QED) is 0.805. The van der Waals surface area contributed by atoms with E-state index in [0.29, 0.717) is 6.04 Å².